The van der Waals surface area contributed by atoms with Crippen molar-refractivity contribution in [1.82, 2.24) is 0 Å². The summed E-state index contributed by atoms with van der Waals surface area (Å²) in [7, 11) is 0. The van der Waals surface area contributed by atoms with Crippen LogP contribution < -0.4 is 0 Å². The summed E-state index contributed by atoms with van der Waals surface area (Å²) in [6.07, 6.45) is 14.9. The molecular formula is C84H120. The molecule has 8 aromatic rings. The predicted molar refractivity (Wildman–Crippen MR) is 380 cm³/mol. The molecule has 456 valence electrons. The fraction of sp³-hybridized carbons (Fsp3) is 0.452. The Morgan fingerprint density at radius 1 is 0.298 bits per heavy atom. The first kappa shape index (κ1) is 65.6. The van der Waals surface area contributed by atoms with Crippen molar-refractivity contribution in [2.45, 2.75) is 234 Å². The van der Waals surface area contributed by atoms with Crippen molar-refractivity contribution in [3.63, 3.8) is 0 Å². The van der Waals surface area contributed by atoms with Gasteiger partial charge in [-0.3, -0.25) is 0 Å². The van der Waals surface area contributed by atoms with E-state index >= 15 is 0 Å². The van der Waals surface area contributed by atoms with Crippen molar-refractivity contribution in [2.24, 2.45) is 17.7 Å². The first-order chi connectivity index (χ1) is 41.8. The van der Waals surface area contributed by atoms with E-state index in [-0.39, 0.29) is 5.89 Å². The van der Waals surface area contributed by atoms with Crippen molar-refractivity contribution in [1.29, 1.82) is 0 Å². The van der Waals surface area contributed by atoms with Crippen LogP contribution >= 0.6 is 0 Å². The molecule has 3 saturated carbocycles. The smallest absolute Gasteiger partial charge is 0.0300 e. The Balaban J connectivity index is 0.000000338. The Bertz CT molecular complexity index is 3080. The molecule has 0 radical (unpaired) electrons. The average molecular weight is 1130 g/mol. The third-order valence-electron chi connectivity index (χ3n) is 16.7. The zero-order chi connectivity index (χ0) is 66.7. The summed E-state index contributed by atoms with van der Waals surface area (Å²) < 4.78 is 37.4. The quantitative estimate of drug-likeness (QED) is 0.162. The van der Waals surface area contributed by atoms with E-state index in [0.717, 1.165) is 38.5 Å². The summed E-state index contributed by atoms with van der Waals surface area (Å²) in [6, 6.07) is 59.3. The maximum atomic E-state index is 7.63. The highest BCUT2D eigenvalue weighted by Gasteiger charge is 2.11. The van der Waals surface area contributed by atoms with Crippen LogP contribution in [0.1, 0.15) is 219 Å². The van der Waals surface area contributed by atoms with Gasteiger partial charge < -0.3 is 0 Å². The first-order valence-electron chi connectivity index (χ1n) is 34.4. The van der Waals surface area contributed by atoms with E-state index in [1.165, 1.54) is 151 Å². The number of fused-ring (bicyclic) bond motifs is 1. The lowest BCUT2D eigenvalue weighted by atomic mass is 9.88. The van der Waals surface area contributed by atoms with Gasteiger partial charge in [0.1, 0.15) is 0 Å². The monoisotopic (exact) mass is 1130 g/mol. The fourth-order valence-electron chi connectivity index (χ4n) is 10.0. The maximum Gasteiger partial charge on any atom is 0.0300 e. The van der Waals surface area contributed by atoms with E-state index in [1.807, 2.05) is 25.1 Å². The molecule has 0 saturated heterocycles. The fourth-order valence-corrected chi connectivity index (χ4v) is 10.0. The Morgan fingerprint density at radius 3 is 1.00 bits per heavy atom. The molecule has 0 N–H and O–H groups in total. The van der Waals surface area contributed by atoms with Gasteiger partial charge in [-0.25, -0.2) is 0 Å². The van der Waals surface area contributed by atoms with E-state index < -0.39 is 12.7 Å². The molecule has 11 rings (SSSR count). The molecule has 3 aliphatic carbocycles. The summed E-state index contributed by atoms with van der Waals surface area (Å²) >= 11 is 0. The minimum absolute atomic E-state index is 0.0712. The van der Waals surface area contributed by atoms with Crippen LogP contribution in [0.3, 0.4) is 0 Å². The largest absolute Gasteiger partial charge is 0.0651 e. The number of hydrogen-bond donors (Lipinski definition) is 0. The van der Waals surface area contributed by atoms with Gasteiger partial charge in [-0.2, -0.15) is 0 Å². The second-order valence-corrected chi connectivity index (χ2v) is 24.2. The minimum Gasteiger partial charge on any atom is -0.0651 e. The van der Waals surface area contributed by atoms with Crippen LogP contribution in [0.15, 0.2) is 170 Å². The van der Waals surface area contributed by atoms with Crippen LogP contribution in [-0.4, -0.2) is 0 Å². The van der Waals surface area contributed by atoms with Gasteiger partial charge in [-0.15, -0.1) is 0 Å². The van der Waals surface area contributed by atoms with Gasteiger partial charge in [0.25, 0.3) is 0 Å². The Kier molecular flexibility index (Phi) is 34.0. The zero-order valence-electron chi connectivity index (χ0n) is 61.7. The third-order valence-corrected chi connectivity index (χ3v) is 16.7. The van der Waals surface area contributed by atoms with Gasteiger partial charge >= 0.3 is 0 Å². The van der Waals surface area contributed by atoms with E-state index in [2.05, 4.69) is 262 Å². The highest BCUT2D eigenvalue weighted by atomic mass is 14.2. The topological polar surface area (TPSA) is 0 Å². The van der Waals surface area contributed by atoms with Crippen LogP contribution in [0.25, 0.3) is 10.8 Å². The van der Waals surface area contributed by atoms with Crippen LogP contribution in [0, 0.1) is 129 Å². The molecule has 0 amide bonds. The van der Waals surface area contributed by atoms with Gasteiger partial charge in [-0.05, 0) is 200 Å². The number of benzene rings is 8. The van der Waals surface area contributed by atoms with Crippen LogP contribution in [-0.2, 0) is 0 Å². The lowest BCUT2D eigenvalue weighted by Gasteiger charge is -2.18. The maximum absolute atomic E-state index is 7.63. The first-order valence-corrected chi connectivity index (χ1v) is 31.9. The molecule has 0 aliphatic heterocycles. The van der Waals surface area contributed by atoms with Crippen molar-refractivity contribution in [3.8, 4) is 0 Å². The van der Waals surface area contributed by atoms with E-state index in [4.69, 9.17) is 6.85 Å². The molecule has 0 bridgehead atoms. The lowest BCUT2D eigenvalue weighted by molar-refractivity contribution is 0.349. The Morgan fingerprint density at radius 2 is 0.631 bits per heavy atom. The molecule has 0 aromatic heterocycles. The molecule has 0 atom stereocenters. The van der Waals surface area contributed by atoms with Gasteiger partial charge in [0, 0.05) is 6.85 Å². The Hall–Kier alpha value is -5.98. The van der Waals surface area contributed by atoms with E-state index in [1.54, 1.807) is 13.8 Å². The van der Waals surface area contributed by atoms with Crippen molar-refractivity contribution < 1.29 is 6.85 Å². The van der Waals surface area contributed by atoms with E-state index in [9.17, 15) is 0 Å². The normalized spacial score (nSPS) is 15.0. The molecule has 84 heavy (non-hydrogen) atoms. The van der Waals surface area contributed by atoms with Gasteiger partial charge in [0.15, 0.2) is 0 Å². The zero-order valence-corrected chi connectivity index (χ0v) is 56.7. The summed E-state index contributed by atoms with van der Waals surface area (Å²) in [5.41, 5.74) is 21.9. The Labute approximate surface area is 525 Å². The third kappa shape index (κ3) is 32.9. The molecule has 0 nitrogen and oxygen atoms in total. The molecular weight excluding hydrogens is 1010 g/mol. The highest BCUT2D eigenvalue weighted by Crippen LogP contribution is 2.27. The molecule has 8 aromatic carbocycles. The molecule has 0 spiro atoms. The molecule has 0 heteroatoms. The van der Waals surface area contributed by atoms with Crippen molar-refractivity contribution in [3.05, 3.63) is 259 Å². The average Bonchev–Trinajstić information content (AvgIpc) is 4.20. The van der Waals surface area contributed by atoms with Crippen LogP contribution in [0.2, 0.25) is 0 Å². The van der Waals surface area contributed by atoms with Crippen LogP contribution in [0.5, 0.6) is 0 Å². The summed E-state index contributed by atoms with van der Waals surface area (Å²) in [5.74, 6) is 0.608. The minimum atomic E-state index is -0.930. The molecule has 0 unspecified atom stereocenters. The van der Waals surface area contributed by atoms with E-state index in [0.29, 0.717) is 11.8 Å². The van der Waals surface area contributed by atoms with Crippen LogP contribution in [0.4, 0.5) is 0 Å². The van der Waals surface area contributed by atoms with Crippen molar-refractivity contribution >= 4 is 10.8 Å². The molecule has 3 aliphatic rings. The highest BCUT2D eigenvalue weighted by molar-refractivity contribution is 5.85. The number of hydrogen-bond acceptors (Lipinski definition) is 0. The van der Waals surface area contributed by atoms with Gasteiger partial charge in [-0.1, -0.05) is 321 Å². The van der Waals surface area contributed by atoms with Gasteiger partial charge in [0.05, 0.1) is 0 Å². The molecule has 0 heterocycles. The number of rotatable bonds is 2. The standard InChI is InChI=1S/C11H10.C10H14.2C9H12.2C8H10.C8H16.C7H14.C7H8.C7H14/c1-9-5-4-7-10-6-2-3-8-11(9)10;1-7-5-8(2)10(4)9(3)6-7;1-7-4-5-8(2)9(3)6-7;1-7-5-4-6-8(2)9(7)3;1-7-3-5-8(2)6-4-7;1-7-5-3-4-6-8(7)2;1-2-8-6-4-3-5-7-8;2*1-7-5-3-2-4-6-7;1-2-7-5-3-4-6-7/h2-8H,1H3;5-6H,1-4H3;2*4-6H,1-3H3;2*3-6H,1-2H3;8H,2-7H2,1H3;7H,2-6H2,1H3;2-6H,1H3;7H,2-6H2,1H3/i;;;;;;2D2;7D;;2D2. The summed E-state index contributed by atoms with van der Waals surface area (Å²) in [4.78, 5) is 0. The predicted octanol–water partition coefficient (Wildman–Crippen LogP) is 26.0. The number of aryl methyl sites for hydroxylation is 14. The van der Waals surface area contributed by atoms with Gasteiger partial charge in [0.2, 0.25) is 0 Å². The second kappa shape index (κ2) is 43.6. The SMILES string of the molecule is Cc1cc(C)c(C)c(C)c1.Cc1ccc(C)c(C)c1.Cc1ccc(C)cc1.Cc1cccc(C)c1C.Cc1cccc2ccccc12.Cc1ccccc1.Cc1ccccc1C.[2H]C([2H])(C)C1CCCC1.[2H]C([2H])(C)C1CCCCC1.[2H]C1(C)CCCCC1. The summed E-state index contributed by atoms with van der Waals surface area (Å²) in [5, 5.41) is 2.68. The molecule has 3 fully saturated rings. The second-order valence-electron chi connectivity index (χ2n) is 24.2. The lowest BCUT2D eigenvalue weighted by Crippen LogP contribution is -2.03. The van der Waals surface area contributed by atoms with Crippen molar-refractivity contribution in [2.75, 3.05) is 0 Å². The summed E-state index contributed by atoms with van der Waals surface area (Å²) in [6.45, 7) is 39.6.